The zero-order chi connectivity index (χ0) is 15.1. The van der Waals surface area contributed by atoms with Crippen LogP contribution in [0.25, 0.3) is 0 Å². The lowest BCUT2D eigenvalue weighted by Gasteiger charge is -2.11. The number of alkyl halides is 2. The molecule has 0 unspecified atom stereocenters. The van der Waals surface area contributed by atoms with Gasteiger partial charge in [-0.25, -0.2) is 0 Å². The second-order valence-electron chi connectivity index (χ2n) is 4.76. The predicted molar refractivity (Wildman–Crippen MR) is 79.4 cm³/mol. The Morgan fingerprint density at radius 2 is 1.62 bits per heavy atom. The van der Waals surface area contributed by atoms with E-state index in [1.165, 1.54) is 11.1 Å². The zero-order valence-corrected chi connectivity index (χ0v) is 12.0. The number of halogens is 2. The smallest absolute Gasteiger partial charge is 0.387 e. The first-order valence-electron chi connectivity index (χ1n) is 7.00. The molecule has 2 nitrogen and oxygen atoms in total. The number of hydrogen-bond acceptors (Lipinski definition) is 2. The van der Waals surface area contributed by atoms with Crippen LogP contribution in [0.4, 0.5) is 8.78 Å². The second-order valence-corrected chi connectivity index (χ2v) is 4.76. The molecule has 0 aliphatic heterocycles. The summed E-state index contributed by atoms with van der Waals surface area (Å²) in [6.07, 6.45) is 1.02. The van der Waals surface area contributed by atoms with Crippen molar-refractivity contribution in [3.05, 3.63) is 65.2 Å². The minimum Gasteiger partial charge on any atom is -0.434 e. The van der Waals surface area contributed by atoms with E-state index in [0.717, 1.165) is 12.0 Å². The fourth-order valence-electron chi connectivity index (χ4n) is 2.10. The van der Waals surface area contributed by atoms with Gasteiger partial charge >= 0.3 is 6.61 Å². The molecule has 2 rings (SSSR count). The topological polar surface area (TPSA) is 21.3 Å². The average Bonchev–Trinajstić information content (AvgIpc) is 2.49. The summed E-state index contributed by atoms with van der Waals surface area (Å²) in [5.74, 6) is 0.223. The molecule has 0 atom stereocenters. The molecule has 2 aromatic carbocycles. The van der Waals surface area contributed by atoms with Crippen LogP contribution in [0.3, 0.4) is 0 Å². The van der Waals surface area contributed by atoms with E-state index in [0.29, 0.717) is 13.1 Å². The molecular formula is C17H19F2NO. The number of para-hydroxylation sites is 1. The van der Waals surface area contributed by atoms with Gasteiger partial charge in [-0.1, -0.05) is 49.4 Å². The zero-order valence-electron chi connectivity index (χ0n) is 12.0. The lowest BCUT2D eigenvalue weighted by atomic mass is 10.1. The van der Waals surface area contributed by atoms with E-state index in [9.17, 15) is 8.78 Å². The van der Waals surface area contributed by atoms with E-state index in [-0.39, 0.29) is 5.75 Å². The highest BCUT2D eigenvalue weighted by molar-refractivity contribution is 5.33. The Balaban J connectivity index is 1.90. The van der Waals surface area contributed by atoms with Gasteiger partial charge in [-0.05, 0) is 23.6 Å². The summed E-state index contributed by atoms with van der Waals surface area (Å²) in [6.45, 7) is 0.492. The SMILES string of the molecule is CCc1ccc(CNCc2ccccc2OC(F)F)cc1. The molecule has 0 radical (unpaired) electrons. The maximum atomic E-state index is 12.3. The van der Waals surface area contributed by atoms with E-state index in [1.807, 2.05) is 6.07 Å². The van der Waals surface area contributed by atoms with Crippen LogP contribution in [-0.4, -0.2) is 6.61 Å². The van der Waals surface area contributed by atoms with Crippen molar-refractivity contribution in [3.8, 4) is 5.75 Å². The number of ether oxygens (including phenoxy) is 1. The van der Waals surface area contributed by atoms with Crippen LogP contribution in [0.2, 0.25) is 0 Å². The molecule has 2 aromatic rings. The van der Waals surface area contributed by atoms with Gasteiger partial charge in [-0.15, -0.1) is 0 Å². The summed E-state index contributed by atoms with van der Waals surface area (Å²) in [4.78, 5) is 0. The number of hydrogen-bond donors (Lipinski definition) is 1. The summed E-state index contributed by atoms with van der Waals surface area (Å²) in [7, 11) is 0. The normalized spacial score (nSPS) is 10.9. The third-order valence-corrected chi connectivity index (χ3v) is 3.26. The second kappa shape index (κ2) is 7.74. The van der Waals surface area contributed by atoms with E-state index in [2.05, 4.69) is 41.2 Å². The molecule has 0 spiro atoms. The van der Waals surface area contributed by atoms with Crippen LogP contribution >= 0.6 is 0 Å². The van der Waals surface area contributed by atoms with E-state index >= 15 is 0 Å². The molecule has 0 heterocycles. The lowest BCUT2D eigenvalue weighted by molar-refractivity contribution is -0.0505. The summed E-state index contributed by atoms with van der Waals surface area (Å²) in [5.41, 5.74) is 3.19. The fraction of sp³-hybridized carbons (Fsp3) is 0.294. The van der Waals surface area contributed by atoms with Crippen LogP contribution in [0.1, 0.15) is 23.6 Å². The fourth-order valence-corrected chi connectivity index (χ4v) is 2.10. The van der Waals surface area contributed by atoms with Crippen LogP contribution in [0.15, 0.2) is 48.5 Å². The van der Waals surface area contributed by atoms with Gasteiger partial charge in [0.05, 0.1) is 0 Å². The van der Waals surface area contributed by atoms with Crippen LogP contribution in [0.5, 0.6) is 5.75 Å². The maximum Gasteiger partial charge on any atom is 0.387 e. The monoisotopic (exact) mass is 291 g/mol. The van der Waals surface area contributed by atoms with Crippen LogP contribution in [0, 0.1) is 0 Å². The third kappa shape index (κ3) is 4.83. The molecule has 0 amide bonds. The minimum atomic E-state index is -2.80. The first-order chi connectivity index (χ1) is 10.2. The van der Waals surface area contributed by atoms with Crippen LogP contribution < -0.4 is 10.1 Å². The lowest BCUT2D eigenvalue weighted by Crippen LogP contribution is -2.14. The molecule has 112 valence electrons. The minimum absolute atomic E-state index is 0.223. The first-order valence-corrected chi connectivity index (χ1v) is 7.00. The first kappa shape index (κ1) is 15.4. The largest absolute Gasteiger partial charge is 0.434 e. The number of aryl methyl sites for hydroxylation is 1. The number of benzene rings is 2. The molecule has 0 bridgehead atoms. The molecule has 4 heteroatoms. The maximum absolute atomic E-state index is 12.3. The Morgan fingerprint density at radius 1 is 0.952 bits per heavy atom. The Morgan fingerprint density at radius 3 is 2.29 bits per heavy atom. The third-order valence-electron chi connectivity index (χ3n) is 3.26. The molecule has 21 heavy (non-hydrogen) atoms. The Hall–Kier alpha value is -1.94. The van der Waals surface area contributed by atoms with E-state index in [1.54, 1.807) is 18.2 Å². The van der Waals surface area contributed by atoms with Crippen LogP contribution in [-0.2, 0) is 19.5 Å². The highest BCUT2D eigenvalue weighted by Gasteiger charge is 2.08. The summed E-state index contributed by atoms with van der Waals surface area (Å²) in [5, 5.41) is 3.24. The van der Waals surface area contributed by atoms with Gasteiger partial charge in [-0.3, -0.25) is 0 Å². The highest BCUT2D eigenvalue weighted by Crippen LogP contribution is 2.20. The van der Waals surface area contributed by atoms with Gasteiger partial charge < -0.3 is 10.1 Å². The molecular weight excluding hydrogens is 272 g/mol. The van der Waals surface area contributed by atoms with Crippen molar-refractivity contribution in [1.82, 2.24) is 5.32 Å². The molecule has 0 saturated carbocycles. The summed E-state index contributed by atoms with van der Waals surface area (Å²) >= 11 is 0. The van der Waals surface area contributed by atoms with Crippen molar-refractivity contribution in [1.29, 1.82) is 0 Å². The molecule has 0 saturated heterocycles. The van der Waals surface area contributed by atoms with Gasteiger partial charge in [0.15, 0.2) is 0 Å². The quantitative estimate of drug-likeness (QED) is 0.828. The molecule has 1 N–H and O–H groups in total. The van der Waals surface area contributed by atoms with Crippen molar-refractivity contribution in [2.24, 2.45) is 0 Å². The number of nitrogens with one attached hydrogen (secondary N) is 1. The van der Waals surface area contributed by atoms with E-state index in [4.69, 9.17) is 0 Å². The summed E-state index contributed by atoms with van der Waals surface area (Å²) in [6, 6.07) is 15.2. The van der Waals surface area contributed by atoms with Gasteiger partial charge in [-0.2, -0.15) is 8.78 Å². The molecule has 0 aromatic heterocycles. The van der Waals surface area contributed by atoms with E-state index < -0.39 is 6.61 Å². The Kier molecular flexibility index (Phi) is 5.69. The molecule has 0 aliphatic carbocycles. The average molecular weight is 291 g/mol. The predicted octanol–water partition coefficient (Wildman–Crippen LogP) is 4.14. The van der Waals surface area contributed by atoms with Gasteiger partial charge in [0.1, 0.15) is 5.75 Å². The highest BCUT2D eigenvalue weighted by atomic mass is 19.3. The van der Waals surface area contributed by atoms with Crippen molar-refractivity contribution in [2.45, 2.75) is 33.0 Å². The molecule has 0 aliphatic rings. The number of rotatable bonds is 7. The molecule has 0 fully saturated rings. The van der Waals surface area contributed by atoms with Gasteiger partial charge in [0, 0.05) is 18.7 Å². The standard InChI is InChI=1S/C17H19F2NO/c1-2-13-7-9-14(10-8-13)11-20-12-15-5-3-4-6-16(15)21-17(18)19/h3-10,17,20H,2,11-12H2,1H3. The van der Waals surface area contributed by atoms with Crippen molar-refractivity contribution in [2.75, 3.05) is 0 Å². The summed E-state index contributed by atoms with van der Waals surface area (Å²) < 4.78 is 29.1. The van der Waals surface area contributed by atoms with Crippen molar-refractivity contribution >= 4 is 0 Å². The Bertz CT molecular complexity index is 555. The van der Waals surface area contributed by atoms with Gasteiger partial charge in [0.2, 0.25) is 0 Å². The van der Waals surface area contributed by atoms with Crippen molar-refractivity contribution < 1.29 is 13.5 Å². The van der Waals surface area contributed by atoms with Gasteiger partial charge in [0.25, 0.3) is 0 Å². The Labute approximate surface area is 123 Å². The van der Waals surface area contributed by atoms with Crippen molar-refractivity contribution in [3.63, 3.8) is 0 Å².